The van der Waals surface area contributed by atoms with Crippen LogP contribution in [0, 0.1) is 11.9 Å². The molecule has 0 radical (unpaired) electrons. The number of ether oxygens (including phenoxy) is 2. The van der Waals surface area contributed by atoms with Gasteiger partial charge in [-0.3, -0.25) is 4.98 Å². The summed E-state index contributed by atoms with van der Waals surface area (Å²) in [4.78, 5) is 16.6. The van der Waals surface area contributed by atoms with Crippen molar-refractivity contribution in [3.8, 4) is 33.9 Å². The van der Waals surface area contributed by atoms with Gasteiger partial charge in [-0.25, -0.2) is 15.0 Å². The molecule has 0 fully saturated rings. The third kappa shape index (κ3) is 3.16. The van der Waals surface area contributed by atoms with Crippen LogP contribution in [-0.2, 0) is 10.3 Å². The Labute approximate surface area is 193 Å². The van der Waals surface area contributed by atoms with E-state index in [4.69, 9.17) is 20.2 Å². The number of nitrogens with two attached hydrogens (primary N) is 1. The van der Waals surface area contributed by atoms with Crippen LogP contribution in [0.2, 0.25) is 0 Å². The zero-order valence-electron chi connectivity index (χ0n) is 17.7. The van der Waals surface area contributed by atoms with Gasteiger partial charge >= 0.3 is 0 Å². The first-order chi connectivity index (χ1) is 16.5. The molecule has 6 rings (SSSR count). The number of benzene rings is 1. The first-order valence-electron chi connectivity index (χ1n) is 10.6. The first kappa shape index (κ1) is 20.2. The van der Waals surface area contributed by atoms with Crippen molar-refractivity contribution in [2.24, 2.45) is 10.7 Å². The van der Waals surface area contributed by atoms with Crippen LogP contribution >= 0.6 is 0 Å². The van der Waals surface area contributed by atoms with Crippen LogP contribution in [0.3, 0.4) is 0 Å². The summed E-state index contributed by atoms with van der Waals surface area (Å²) in [6.07, 6.45) is 4.83. The number of hydrogen-bond acceptors (Lipinski definition) is 7. The molecule has 4 aromatic rings. The lowest BCUT2D eigenvalue weighted by atomic mass is 9.77. The quantitative estimate of drug-likeness (QED) is 0.443. The average molecular weight is 457 g/mol. The minimum Gasteiger partial charge on any atom is -0.465 e. The van der Waals surface area contributed by atoms with Gasteiger partial charge in [-0.1, -0.05) is 6.07 Å². The largest absolute Gasteiger partial charge is 0.465 e. The van der Waals surface area contributed by atoms with Gasteiger partial charge in [-0.05, 0) is 42.0 Å². The summed E-state index contributed by atoms with van der Waals surface area (Å²) in [5.74, 6) is -0.118. The maximum absolute atomic E-state index is 14.5. The highest BCUT2D eigenvalue weighted by Gasteiger charge is 2.45. The second-order valence-electron chi connectivity index (χ2n) is 8.00. The molecule has 2 aliphatic rings. The normalized spacial score (nSPS) is 18.4. The Kier molecular flexibility index (Phi) is 4.51. The van der Waals surface area contributed by atoms with Gasteiger partial charge in [0.2, 0.25) is 11.9 Å². The molecule has 0 bridgehead atoms. The van der Waals surface area contributed by atoms with Crippen LogP contribution in [0.25, 0.3) is 22.4 Å². The van der Waals surface area contributed by atoms with Crippen molar-refractivity contribution < 1.29 is 18.3 Å². The molecule has 0 unspecified atom stereocenters. The van der Waals surface area contributed by atoms with E-state index in [1.54, 1.807) is 36.5 Å². The number of aromatic nitrogens is 3. The summed E-state index contributed by atoms with van der Waals surface area (Å²) >= 11 is 0. The number of pyridine rings is 3. The van der Waals surface area contributed by atoms with Gasteiger partial charge in [0.25, 0.3) is 6.02 Å². The number of aliphatic imine (C=N–C) groups is 1. The van der Waals surface area contributed by atoms with Crippen molar-refractivity contribution in [1.82, 2.24) is 15.0 Å². The van der Waals surface area contributed by atoms with Gasteiger partial charge in [0.05, 0.1) is 18.5 Å². The van der Waals surface area contributed by atoms with E-state index >= 15 is 0 Å². The Balaban J connectivity index is 1.58. The molecule has 1 aromatic carbocycles. The molecule has 9 heteroatoms. The van der Waals surface area contributed by atoms with Crippen LogP contribution in [0.15, 0.2) is 72.1 Å². The Bertz CT molecular complexity index is 1480. The van der Waals surface area contributed by atoms with E-state index in [-0.39, 0.29) is 6.02 Å². The van der Waals surface area contributed by atoms with Crippen LogP contribution in [0.5, 0.6) is 11.5 Å². The number of hydrogen-bond donors (Lipinski definition) is 1. The maximum atomic E-state index is 14.5. The average Bonchev–Trinajstić information content (AvgIpc) is 2.84. The Hall–Kier alpha value is -4.40. The van der Waals surface area contributed by atoms with Gasteiger partial charge in [-0.2, -0.15) is 8.78 Å². The minimum atomic E-state index is -0.955. The smallest absolute Gasteiger partial charge is 0.283 e. The summed E-state index contributed by atoms with van der Waals surface area (Å²) in [5.41, 5.74) is 8.58. The van der Waals surface area contributed by atoms with Crippen molar-refractivity contribution in [2.45, 2.75) is 12.0 Å². The van der Waals surface area contributed by atoms with Crippen molar-refractivity contribution in [3.05, 3.63) is 90.1 Å². The number of amidine groups is 1. The maximum Gasteiger partial charge on any atom is 0.283 e. The Morgan fingerprint density at radius 2 is 1.76 bits per heavy atom. The fourth-order valence-electron chi connectivity index (χ4n) is 4.51. The van der Waals surface area contributed by atoms with E-state index in [1.807, 2.05) is 12.1 Å². The van der Waals surface area contributed by atoms with Gasteiger partial charge in [0, 0.05) is 47.1 Å². The summed E-state index contributed by atoms with van der Waals surface area (Å²) in [6, 6.07) is 13.6. The molecule has 3 aromatic heterocycles. The standard InChI is InChI=1S/C25H17F2N5O2/c26-22-11-15(5-8-29-22)19-12-18-21(13-31-19)34-20-4-3-14(16-2-1-7-30-23(16)27)10-17(20)25(18)6-9-33-24(28)32-25/h1-5,7-8,10-13H,6,9H2,(H2,28,32)/t25-/m1/s1. The van der Waals surface area contributed by atoms with Crippen LogP contribution in [0.4, 0.5) is 8.78 Å². The molecule has 168 valence electrons. The summed E-state index contributed by atoms with van der Waals surface area (Å²) in [5, 5.41) is 0. The van der Waals surface area contributed by atoms with E-state index < -0.39 is 17.4 Å². The lowest BCUT2D eigenvalue weighted by molar-refractivity contribution is 0.219. The second kappa shape index (κ2) is 7.58. The number of fused-ring (bicyclic) bond motifs is 4. The van der Waals surface area contributed by atoms with E-state index in [0.29, 0.717) is 58.0 Å². The summed E-state index contributed by atoms with van der Waals surface area (Å²) < 4.78 is 39.8. The zero-order valence-corrected chi connectivity index (χ0v) is 17.7. The van der Waals surface area contributed by atoms with Crippen molar-refractivity contribution >= 4 is 6.02 Å². The van der Waals surface area contributed by atoms with E-state index in [1.165, 1.54) is 18.5 Å². The predicted molar refractivity (Wildman–Crippen MR) is 120 cm³/mol. The molecule has 2 aliphatic heterocycles. The molecule has 0 amide bonds. The Morgan fingerprint density at radius 1 is 0.882 bits per heavy atom. The lowest BCUT2D eigenvalue weighted by Gasteiger charge is -2.39. The molecule has 0 aliphatic carbocycles. The van der Waals surface area contributed by atoms with Crippen LogP contribution in [-0.4, -0.2) is 27.6 Å². The van der Waals surface area contributed by atoms with E-state index in [9.17, 15) is 8.78 Å². The van der Waals surface area contributed by atoms with E-state index in [0.717, 1.165) is 0 Å². The highest BCUT2D eigenvalue weighted by molar-refractivity contribution is 5.77. The number of nitrogens with zero attached hydrogens (tertiary/aromatic N) is 4. The molecule has 0 saturated heterocycles. The monoisotopic (exact) mass is 457 g/mol. The molecular formula is C25H17F2N5O2. The van der Waals surface area contributed by atoms with Crippen LogP contribution in [0.1, 0.15) is 17.5 Å². The third-order valence-corrected chi connectivity index (χ3v) is 6.07. The van der Waals surface area contributed by atoms with Crippen molar-refractivity contribution in [2.75, 3.05) is 6.61 Å². The Morgan fingerprint density at radius 3 is 2.59 bits per heavy atom. The summed E-state index contributed by atoms with van der Waals surface area (Å²) in [6.45, 7) is 0.321. The fraction of sp³-hybridized carbons (Fsp3) is 0.120. The molecule has 2 N–H and O–H groups in total. The third-order valence-electron chi connectivity index (χ3n) is 6.07. The van der Waals surface area contributed by atoms with E-state index in [2.05, 4.69) is 15.0 Å². The molecule has 1 atom stereocenters. The van der Waals surface area contributed by atoms with Gasteiger partial charge in [0.15, 0.2) is 5.75 Å². The molecule has 1 spiro atoms. The van der Waals surface area contributed by atoms with Crippen molar-refractivity contribution in [1.29, 1.82) is 0 Å². The number of halogens is 2. The number of rotatable bonds is 2. The predicted octanol–water partition coefficient (Wildman–Crippen LogP) is 4.57. The molecule has 34 heavy (non-hydrogen) atoms. The molecular weight excluding hydrogens is 440 g/mol. The lowest BCUT2D eigenvalue weighted by Crippen LogP contribution is -2.38. The van der Waals surface area contributed by atoms with Crippen LogP contribution < -0.4 is 10.5 Å². The van der Waals surface area contributed by atoms with Crippen molar-refractivity contribution in [3.63, 3.8) is 0 Å². The van der Waals surface area contributed by atoms with Gasteiger partial charge in [-0.15, -0.1) is 0 Å². The molecule has 0 saturated carbocycles. The van der Waals surface area contributed by atoms with Gasteiger partial charge in [0.1, 0.15) is 11.3 Å². The highest BCUT2D eigenvalue weighted by Crippen LogP contribution is 2.53. The molecule has 5 heterocycles. The second-order valence-corrected chi connectivity index (χ2v) is 8.00. The highest BCUT2D eigenvalue weighted by atomic mass is 19.1. The summed E-state index contributed by atoms with van der Waals surface area (Å²) in [7, 11) is 0. The zero-order chi connectivity index (χ0) is 23.3. The topological polar surface area (TPSA) is 95.5 Å². The fourth-order valence-corrected chi connectivity index (χ4v) is 4.51. The SMILES string of the molecule is NC1=N[C@]2(CCO1)c1cc(-c3cccnc3F)ccc1Oc1cnc(-c3ccnc(F)c3)cc12. The minimum absolute atomic E-state index is 0.0383. The first-order valence-corrected chi connectivity index (χ1v) is 10.6. The van der Waals surface area contributed by atoms with Gasteiger partial charge < -0.3 is 15.2 Å². The molecule has 7 nitrogen and oxygen atoms in total.